The molecule has 0 saturated carbocycles. The first-order valence-corrected chi connectivity index (χ1v) is 10.8. The molecule has 3 N–H and O–H groups in total. The van der Waals surface area contributed by atoms with Gasteiger partial charge in [-0.2, -0.15) is 13.2 Å². The first-order chi connectivity index (χ1) is 15.4. The second kappa shape index (κ2) is 10.6. The Bertz CT molecular complexity index is 1090. The summed E-state index contributed by atoms with van der Waals surface area (Å²) in [6.07, 6.45) is -5.23. The zero-order valence-corrected chi connectivity index (χ0v) is 18.2. The normalized spacial score (nSPS) is 13.6. The number of sulfone groups is 1. The second-order valence-corrected chi connectivity index (χ2v) is 8.60. The van der Waals surface area contributed by atoms with E-state index < -0.39 is 51.6 Å². The Morgan fingerprint density at radius 2 is 1.67 bits per heavy atom. The van der Waals surface area contributed by atoms with Crippen molar-refractivity contribution in [2.24, 2.45) is 0 Å². The standard InChI is InChI=1S/C20H21F3N2O7S/c1-31-12-7-9-13(10-8-12)33(29,30)17(24-16(11-26)18(27)32-2)14-5-3-4-6-15(14)25-19(28)20(21,22)23/h3-10,16-17,24,26H,11H2,1-2H3,(H,25,28). The molecule has 2 atom stereocenters. The fraction of sp³-hybridized carbons (Fsp3) is 0.300. The third-order valence-electron chi connectivity index (χ3n) is 4.47. The summed E-state index contributed by atoms with van der Waals surface area (Å²) >= 11 is 0. The number of esters is 1. The zero-order valence-electron chi connectivity index (χ0n) is 17.4. The molecule has 0 saturated heterocycles. The van der Waals surface area contributed by atoms with Gasteiger partial charge in [0.1, 0.15) is 17.2 Å². The summed E-state index contributed by atoms with van der Waals surface area (Å²) < 4.78 is 74.8. The number of para-hydroxylation sites is 1. The van der Waals surface area contributed by atoms with Gasteiger partial charge in [0.15, 0.2) is 9.84 Å². The maximum Gasteiger partial charge on any atom is 0.471 e. The number of aliphatic hydroxyl groups is 1. The van der Waals surface area contributed by atoms with Gasteiger partial charge in [-0.25, -0.2) is 8.42 Å². The molecule has 0 aromatic heterocycles. The minimum Gasteiger partial charge on any atom is -0.497 e. The van der Waals surface area contributed by atoms with Crippen molar-refractivity contribution in [2.45, 2.75) is 22.5 Å². The molecular formula is C20H21F3N2O7S. The van der Waals surface area contributed by atoms with Crippen molar-refractivity contribution >= 4 is 27.4 Å². The fourth-order valence-electron chi connectivity index (χ4n) is 2.80. The van der Waals surface area contributed by atoms with Crippen LogP contribution in [-0.2, 0) is 24.2 Å². The lowest BCUT2D eigenvalue weighted by Gasteiger charge is -2.26. The summed E-state index contributed by atoms with van der Waals surface area (Å²) in [6, 6.07) is 8.42. The zero-order chi connectivity index (χ0) is 24.8. The van der Waals surface area contributed by atoms with Crippen molar-refractivity contribution in [3.63, 3.8) is 0 Å². The number of nitrogens with one attached hydrogen (secondary N) is 2. The smallest absolute Gasteiger partial charge is 0.471 e. The number of hydrogen-bond acceptors (Lipinski definition) is 8. The Hall–Kier alpha value is -3.16. The molecule has 0 bridgehead atoms. The topological polar surface area (TPSA) is 131 Å². The van der Waals surface area contributed by atoms with Crippen molar-refractivity contribution in [3.05, 3.63) is 54.1 Å². The minimum atomic E-state index is -5.23. The van der Waals surface area contributed by atoms with Crippen LogP contribution in [0.15, 0.2) is 53.4 Å². The van der Waals surface area contributed by atoms with Crippen LogP contribution in [0.1, 0.15) is 10.9 Å². The number of ether oxygens (including phenoxy) is 2. The Labute approximate surface area is 187 Å². The molecule has 2 aromatic carbocycles. The average Bonchev–Trinajstić information content (AvgIpc) is 2.79. The van der Waals surface area contributed by atoms with E-state index in [2.05, 4.69) is 10.1 Å². The number of rotatable bonds is 9. The van der Waals surface area contributed by atoms with Crippen LogP contribution in [0.5, 0.6) is 5.75 Å². The predicted octanol–water partition coefficient (Wildman–Crippen LogP) is 1.79. The van der Waals surface area contributed by atoms with Crippen LogP contribution in [0.4, 0.5) is 18.9 Å². The third kappa shape index (κ3) is 6.21. The van der Waals surface area contributed by atoms with Crippen LogP contribution in [-0.4, -0.2) is 58.4 Å². The van der Waals surface area contributed by atoms with E-state index in [1.54, 1.807) is 5.32 Å². The summed E-state index contributed by atoms with van der Waals surface area (Å²) in [5.74, 6) is -2.98. The monoisotopic (exact) mass is 490 g/mol. The molecule has 0 aliphatic rings. The molecule has 0 heterocycles. The van der Waals surface area contributed by atoms with Gasteiger partial charge >= 0.3 is 18.1 Å². The van der Waals surface area contributed by atoms with Crippen LogP contribution < -0.4 is 15.4 Å². The summed E-state index contributed by atoms with van der Waals surface area (Å²) in [4.78, 5) is 23.2. The van der Waals surface area contributed by atoms with Crippen molar-refractivity contribution in [3.8, 4) is 5.75 Å². The molecule has 13 heteroatoms. The molecular weight excluding hydrogens is 469 g/mol. The molecule has 0 spiro atoms. The van der Waals surface area contributed by atoms with Crippen molar-refractivity contribution in [1.29, 1.82) is 0 Å². The highest BCUT2D eigenvalue weighted by molar-refractivity contribution is 7.91. The number of carbonyl (C=O) groups is 2. The van der Waals surface area contributed by atoms with Crippen LogP contribution in [0.25, 0.3) is 0 Å². The van der Waals surface area contributed by atoms with E-state index in [9.17, 15) is 36.3 Å². The number of methoxy groups -OCH3 is 2. The first-order valence-electron chi connectivity index (χ1n) is 9.25. The van der Waals surface area contributed by atoms with E-state index in [1.165, 1.54) is 43.5 Å². The maximum atomic E-state index is 13.5. The number of carbonyl (C=O) groups excluding carboxylic acids is 2. The number of aliphatic hydroxyl groups excluding tert-OH is 1. The Kier molecular flexibility index (Phi) is 8.41. The quantitative estimate of drug-likeness (QED) is 0.454. The van der Waals surface area contributed by atoms with E-state index in [0.717, 1.165) is 19.2 Å². The predicted molar refractivity (Wildman–Crippen MR) is 110 cm³/mol. The summed E-state index contributed by atoms with van der Waals surface area (Å²) in [5.41, 5.74) is -0.760. The summed E-state index contributed by atoms with van der Waals surface area (Å²) in [6.45, 7) is -0.877. The van der Waals surface area contributed by atoms with Gasteiger partial charge in [-0.3, -0.25) is 14.9 Å². The van der Waals surface area contributed by atoms with E-state index in [4.69, 9.17) is 4.74 Å². The van der Waals surface area contributed by atoms with Gasteiger partial charge in [-0.1, -0.05) is 18.2 Å². The van der Waals surface area contributed by atoms with Crippen molar-refractivity contribution in [1.82, 2.24) is 5.32 Å². The van der Waals surface area contributed by atoms with Crippen LogP contribution in [0.2, 0.25) is 0 Å². The molecule has 0 radical (unpaired) electrons. The van der Waals surface area contributed by atoms with Crippen LogP contribution >= 0.6 is 0 Å². The highest BCUT2D eigenvalue weighted by atomic mass is 32.2. The molecule has 0 fully saturated rings. The fourth-order valence-corrected chi connectivity index (χ4v) is 4.47. The number of benzene rings is 2. The van der Waals surface area contributed by atoms with Gasteiger partial charge in [0.25, 0.3) is 0 Å². The lowest BCUT2D eigenvalue weighted by molar-refractivity contribution is -0.167. The van der Waals surface area contributed by atoms with Crippen LogP contribution in [0.3, 0.4) is 0 Å². The molecule has 0 aliphatic heterocycles. The molecule has 1 amide bonds. The molecule has 2 unspecified atom stereocenters. The van der Waals surface area contributed by atoms with Gasteiger partial charge in [0.05, 0.1) is 25.7 Å². The molecule has 2 rings (SSSR count). The largest absolute Gasteiger partial charge is 0.497 e. The molecule has 9 nitrogen and oxygen atoms in total. The average molecular weight is 490 g/mol. The number of hydrogen-bond donors (Lipinski definition) is 3. The third-order valence-corrected chi connectivity index (χ3v) is 6.41. The van der Waals surface area contributed by atoms with E-state index in [0.29, 0.717) is 5.75 Å². The van der Waals surface area contributed by atoms with Gasteiger partial charge in [0, 0.05) is 11.3 Å². The maximum absolute atomic E-state index is 13.5. The lowest BCUT2D eigenvalue weighted by Crippen LogP contribution is -2.45. The number of amides is 1. The lowest BCUT2D eigenvalue weighted by atomic mass is 10.1. The Morgan fingerprint density at radius 1 is 1.06 bits per heavy atom. The summed E-state index contributed by atoms with van der Waals surface area (Å²) in [5, 5.41) is 11.8. The van der Waals surface area contributed by atoms with Gasteiger partial charge in [-0.15, -0.1) is 0 Å². The van der Waals surface area contributed by atoms with Gasteiger partial charge in [-0.05, 0) is 30.3 Å². The Balaban J connectivity index is 2.63. The van der Waals surface area contributed by atoms with Crippen LogP contribution in [0, 0.1) is 0 Å². The number of anilines is 1. The van der Waals surface area contributed by atoms with Gasteiger partial charge in [0.2, 0.25) is 0 Å². The minimum absolute atomic E-state index is 0.265. The number of halogens is 3. The molecule has 180 valence electrons. The second-order valence-electron chi connectivity index (χ2n) is 6.56. The molecule has 33 heavy (non-hydrogen) atoms. The Morgan fingerprint density at radius 3 is 2.18 bits per heavy atom. The number of alkyl halides is 3. The van der Waals surface area contributed by atoms with E-state index >= 15 is 0 Å². The summed E-state index contributed by atoms with van der Waals surface area (Å²) in [7, 11) is -2.06. The van der Waals surface area contributed by atoms with Gasteiger partial charge < -0.3 is 19.9 Å². The first kappa shape index (κ1) is 26.1. The highest BCUT2D eigenvalue weighted by Crippen LogP contribution is 2.33. The molecule has 2 aromatic rings. The van der Waals surface area contributed by atoms with E-state index in [-0.39, 0.29) is 10.5 Å². The van der Waals surface area contributed by atoms with Crippen molar-refractivity contribution in [2.75, 3.05) is 26.1 Å². The van der Waals surface area contributed by atoms with Crippen molar-refractivity contribution < 1.29 is 45.8 Å². The highest BCUT2D eigenvalue weighted by Gasteiger charge is 2.40. The molecule has 0 aliphatic carbocycles. The SMILES string of the molecule is COC(=O)C(CO)NC(c1ccccc1NC(=O)C(F)(F)F)S(=O)(=O)c1ccc(OC)cc1. The van der Waals surface area contributed by atoms with E-state index in [1.807, 2.05) is 0 Å².